The first-order chi connectivity index (χ1) is 13.0. The molecule has 1 saturated heterocycles. The highest BCUT2D eigenvalue weighted by atomic mass is 32.1. The number of allylic oxidation sites excluding steroid dienone is 2. The molecule has 0 aliphatic carbocycles. The Morgan fingerprint density at radius 2 is 1.96 bits per heavy atom. The van der Waals surface area contributed by atoms with Gasteiger partial charge in [-0.2, -0.15) is 0 Å². The Morgan fingerprint density at radius 1 is 1.26 bits per heavy atom. The van der Waals surface area contributed by atoms with Crippen molar-refractivity contribution >= 4 is 17.9 Å². The average molecular weight is 395 g/mol. The van der Waals surface area contributed by atoms with Crippen molar-refractivity contribution in [1.29, 1.82) is 0 Å². The van der Waals surface area contributed by atoms with E-state index in [1.807, 2.05) is 14.0 Å². The van der Waals surface area contributed by atoms with Gasteiger partial charge in [-0.1, -0.05) is 31.3 Å². The van der Waals surface area contributed by atoms with Crippen molar-refractivity contribution in [3.63, 3.8) is 0 Å². The van der Waals surface area contributed by atoms with Crippen LogP contribution in [0.25, 0.3) is 0 Å². The lowest BCUT2D eigenvalue weighted by Gasteiger charge is -2.26. The van der Waals surface area contributed by atoms with Crippen molar-refractivity contribution in [2.24, 2.45) is 20.0 Å². The SMILES string of the molecule is C/C=C/CC(C)Cc1c(NCCCN2CCOCC2)c(=S)n(C)c(=O)n1C. The van der Waals surface area contributed by atoms with Crippen LogP contribution in [0.3, 0.4) is 0 Å². The molecule has 0 saturated carbocycles. The lowest BCUT2D eigenvalue weighted by Crippen LogP contribution is -2.37. The van der Waals surface area contributed by atoms with E-state index in [9.17, 15) is 4.79 Å². The predicted molar refractivity (Wildman–Crippen MR) is 114 cm³/mol. The van der Waals surface area contributed by atoms with Crippen LogP contribution in [0.5, 0.6) is 0 Å². The number of rotatable bonds is 9. The molecule has 0 amide bonds. The third-order valence-corrected chi connectivity index (χ3v) is 5.64. The predicted octanol–water partition coefficient (Wildman–Crippen LogP) is 2.73. The van der Waals surface area contributed by atoms with E-state index >= 15 is 0 Å². The van der Waals surface area contributed by atoms with E-state index in [-0.39, 0.29) is 5.69 Å². The summed E-state index contributed by atoms with van der Waals surface area (Å²) in [6.07, 6.45) is 7.11. The molecule has 1 aromatic rings. The fourth-order valence-corrected chi connectivity index (χ4v) is 3.69. The van der Waals surface area contributed by atoms with Crippen molar-refractivity contribution in [1.82, 2.24) is 14.0 Å². The minimum absolute atomic E-state index is 0.0629. The summed E-state index contributed by atoms with van der Waals surface area (Å²) in [6.45, 7) is 9.81. The molecule has 2 heterocycles. The number of morpholine rings is 1. The number of nitrogens with zero attached hydrogens (tertiary/aromatic N) is 3. The van der Waals surface area contributed by atoms with E-state index in [1.165, 1.54) is 0 Å². The summed E-state index contributed by atoms with van der Waals surface area (Å²) in [4.78, 5) is 14.9. The zero-order valence-electron chi connectivity index (χ0n) is 17.2. The molecule has 2 rings (SSSR count). The molecule has 1 unspecified atom stereocenters. The first kappa shape index (κ1) is 21.9. The first-order valence-corrected chi connectivity index (χ1v) is 10.3. The molecule has 1 aliphatic heterocycles. The van der Waals surface area contributed by atoms with Crippen molar-refractivity contribution < 1.29 is 4.74 Å². The van der Waals surface area contributed by atoms with Gasteiger partial charge < -0.3 is 10.1 Å². The summed E-state index contributed by atoms with van der Waals surface area (Å²) in [7, 11) is 3.59. The number of hydrogen-bond donors (Lipinski definition) is 1. The van der Waals surface area contributed by atoms with E-state index in [1.54, 1.807) is 16.2 Å². The number of ether oxygens (including phenoxy) is 1. The molecule has 0 bridgehead atoms. The molecular weight excluding hydrogens is 360 g/mol. The van der Waals surface area contributed by atoms with Gasteiger partial charge in [0, 0.05) is 39.4 Å². The van der Waals surface area contributed by atoms with Crippen LogP contribution in [0, 0.1) is 10.6 Å². The first-order valence-electron chi connectivity index (χ1n) is 9.89. The van der Waals surface area contributed by atoms with Crippen LogP contribution >= 0.6 is 12.2 Å². The topological polar surface area (TPSA) is 51.4 Å². The van der Waals surface area contributed by atoms with Gasteiger partial charge in [-0.25, -0.2) is 4.79 Å². The fraction of sp³-hybridized carbons (Fsp3) is 0.700. The molecule has 1 atom stereocenters. The number of anilines is 1. The zero-order chi connectivity index (χ0) is 19.8. The maximum Gasteiger partial charge on any atom is 0.328 e. The highest BCUT2D eigenvalue weighted by Crippen LogP contribution is 2.21. The van der Waals surface area contributed by atoms with E-state index in [2.05, 4.69) is 29.3 Å². The van der Waals surface area contributed by atoms with Crippen LogP contribution in [-0.2, 0) is 25.3 Å². The summed E-state index contributed by atoms with van der Waals surface area (Å²) >= 11 is 5.59. The molecule has 0 radical (unpaired) electrons. The van der Waals surface area contributed by atoms with Gasteiger partial charge in [0.05, 0.1) is 18.9 Å². The van der Waals surface area contributed by atoms with Gasteiger partial charge in [0.1, 0.15) is 4.64 Å². The van der Waals surface area contributed by atoms with E-state index in [0.29, 0.717) is 10.6 Å². The van der Waals surface area contributed by atoms with Gasteiger partial charge in [-0.3, -0.25) is 14.0 Å². The van der Waals surface area contributed by atoms with Crippen LogP contribution in [0.4, 0.5) is 5.69 Å². The minimum Gasteiger partial charge on any atom is -0.381 e. The van der Waals surface area contributed by atoms with Gasteiger partial charge in [-0.15, -0.1) is 0 Å². The summed E-state index contributed by atoms with van der Waals surface area (Å²) in [5, 5.41) is 3.53. The van der Waals surface area contributed by atoms with E-state index in [4.69, 9.17) is 17.0 Å². The Morgan fingerprint density at radius 3 is 2.63 bits per heavy atom. The highest BCUT2D eigenvalue weighted by molar-refractivity contribution is 7.71. The second-order valence-corrected chi connectivity index (χ2v) is 7.76. The van der Waals surface area contributed by atoms with Crippen molar-refractivity contribution in [3.8, 4) is 0 Å². The zero-order valence-corrected chi connectivity index (χ0v) is 18.0. The average Bonchev–Trinajstić information content (AvgIpc) is 2.68. The Kier molecular flexibility index (Phi) is 8.73. The fourth-order valence-electron chi connectivity index (χ4n) is 3.43. The van der Waals surface area contributed by atoms with Crippen LogP contribution in [0.2, 0.25) is 0 Å². The van der Waals surface area contributed by atoms with Crippen LogP contribution < -0.4 is 11.0 Å². The standard InChI is InChI=1S/C20H34N4O2S/c1-5-6-8-16(2)15-17-18(19(27)23(4)20(25)22(17)3)21-9-7-10-24-11-13-26-14-12-24/h5-6,16,21H,7-15H2,1-4H3/b6-5+. The third kappa shape index (κ3) is 6.02. The van der Waals surface area contributed by atoms with Gasteiger partial charge in [0.2, 0.25) is 0 Å². The Labute approximate surface area is 167 Å². The van der Waals surface area contributed by atoms with Crippen molar-refractivity contribution in [3.05, 3.63) is 33.0 Å². The van der Waals surface area contributed by atoms with Crippen LogP contribution in [-0.4, -0.2) is 53.4 Å². The van der Waals surface area contributed by atoms with Crippen molar-refractivity contribution in [2.75, 3.05) is 44.7 Å². The van der Waals surface area contributed by atoms with E-state index < -0.39 is 0 Å². The molecule has 1 fully saturated rings. The molecule has 0 spiro atoms. The number of aromatic nitrogens is 2. The molecule has 6 nitrogen and oxygen atoms in total. The second-order valence-electron chi connectivity index (χ2n) is 7.38. The molecule has 1 N–H and O–H groups in total. The Balaban J connectivity index is 2.10. The summed E-state index contributed by atoms with van der Waals surface area (Å²) in [5.74, 6) is 0.447. The summed E-state index contributed by atoms with van der Waals surface area (Å²) in [6, 6.07) is 0. The lowest BCUT2D eigenvalue weighted by molar-refractivity contribution is 0.0378. The van der Waals surface area contributed by atoms with Crippen molar-refractivity contribution in [2.45, 2.75) is 33.1 Å². The largest absolute Gasteiger partial charge is 0.381 e. The molecular formula is C20H34N4O2S. The Hall–Kier alpha value is -1.44. The van der Waals surface area contributed by atoms with Crippen LogP contribution in [0.1, 0.15) is 32.4 Å². The lowest BCUT2D eigenvalue weighted by atomic mass is 10.00. The maximum absolute atomic E-state index is 12.5. The number of nitrogens with one attached hydrogen (secondary N) is 1. The molecule has 0 aromatic carbocycles. The molecule has 7 heteroatoms. The van der Waals surface area contributed by atoms with Gasteiger partial charge in [0.25, 0.3) is 0 Å². The highest BCUT2D eigenvalue weighted by Gasteiger charge is 2.16. The normalized spacial score (nSPS) is 16.7. The number of hydrogen-bond acceptors (Lipinski definition) is 5. The van der Waals surface area contributed by atoms with Gasteiger partial charge >= 0.3 is 5.69 Å². The molecule has 1 aliphatic rings. The monoisotopic (exact) mass is 394 g/mol. The second kappa shape index (κ2) is 10.8. The molecule has 27 heavy (non-hydrogen) atoms. The quantitative estimate of drug-likeness (QED) is 0.396. The molecule has 152 valence electrons. The van der Waals surface area contributed by atoms with Gasteiger partial charge in [-0.05, 0) is 38.6 Å². The Bertz CT molecular complexity index is 748. The third-order valence-electron chi connectivity index (χ3n) is 5.16. The van der Waals surface area contributed by atoms with E-state index in [0.717, 1.165) is 70.0 Å². The van der Waals surface area contributed by atoms with Crippen LogP contribution in [0.15, 0.2) is 16.9 Å². The van der Waals surface area contributed by atoms with Gasteiger partial charge in [0.15, 0.2) is 0 Å². The maximum atomic E-state index is 12.5. The molecule has 1 aromatic heterocycles. The summed E-state index contributed by atoms with van der Waals surface area (Å²) < 4.78 is 9.29. The summed E-state index contributed by atoms with van der Waals surface area (Å²) in [5.41, 5.74) is 1.88. The minimum atomic E-state index is -0.0629. The smallest absolute Gasteiger partial charge is 0.328 e.